The summed E-state index contributed by atoms with van der Waals surface area (Å²) in [5, 5.41) is 11.7. The Morgan fingerprint density at radius 1 is 1.36 bits per heavy atom. The van der Waals surface area contributed by atoms with Crippen LogP contribution in [0.5, 0.6) is 0 Å². The molecule has 0 bridgehead atoms. The average Bonchev–Trinajstić information content (AvgIpc) is 2.72. The van der Waals surface area contributed by atoms with Gasteiger partial charge >= 0.3 is 0 Å². The van der Waals surface area contributed by atoms with Crippen molar-refractivity contribution in [2.24, 2.45) is 0 Å². The van der Waals surface area contributed by atoms with Crippen LogP contribution >= 0.6 is 11.8 Å². The lowest BCUT2D eigenvalue weighted by Gasteiger charge is -2.13. The van der Waals surface area contributed by atoms with E-state index in [-0.39, 0.29) is 6.61 Å². The summed E-state index contributed by atoms with van der Waals surface area (Å²) in [6, 6.07) is 8.41. The molecule has 0 radical (unpaired) electrons. The highest BCUT2D eigenvalue weighted by Gasteiger charge is 2.15. The largest absolute Gasteiger partial charge is 0.396 e. The van der Waals surface area contributed by atoms with Crippen LogP contribution in [0.1, 0.15) is 22.8 Å². The van der Waals surface area contributed by atoms with Crippen LogP contribution in [-0.2, 0) is 6.42 Å². The molecule has 1 heterocycles. The lowest BCUT2D eigenvalue weighted by atomic mass is 10.0. The number of hydrogen-bond acceptors (Lipinski definition) is 2. The molecule has 2 rings (SSSR count). The van der Waals surface area contributed by atoms with Crippen LogP contribution in [0.4, 0.5) is 0 Å². The van der Waals surface area contributed by atoms with Gasteiger partial charge < -0.3 is 5.11 Å². The smallest absolute Gasteiger partial charge is 0.0471 e. The van der Waals surface area contributed by atoms with Crippen LogP contribution in [0.2, 0.25) is 0 Å². The molecule has 1 aromatic rings. The van der Waals surface area contributed by atoms with E-state index in [0.717, 1.165) is 12.8 Å². The van der Waals surface area contributed by atoms with E-state index in [2.05, 4.69) is 29.7 Å². The van der Waals surface area contributed by atoms with Crippen molar-refractivity contribution in [1.82, 2.24) is 0 Å². The minimum absolute atomic E-state index is 0.238. The molecule has 0 aliphatic carbocycles. The fourth-order valence-corrected chi connectivity index (χ4v) is 2.79. The van der Waals surface area contributed by atoms with Crippen molar-refractivity contribution < 1.29 is 5.11 Å². The van der Waals surface area contributed by atoms with Crippen molar-refractivity contribution in [3.63, 3.8) is 0 Å². The fourth-order valence-electron chi connectivity index (χ4n) is 1.78. The zero-order valence-electron chi connectivity index (χ0n) is 8.02. The van der Waals surface area contributed by atoms with Crippen LogP contribution in [0.3, 0.4) is 0 Å². The standard InChI is InChI=1S/C12H14OS/c13-8-7-10-4-1-2-5-11(10)12-6-3-9-14-12/h1-5,9,12-13H,6-8H2. The second kappa shape index (κ2) is 4.67. The normalized spacial score (nSPS) is 20.2. The molecule has 1 unspecified atom stereocenters. The van der Waals surface area contributed by atoms with Crippen molar-refractivity contribution in [3.8, 4) is 0 Å². The van der Waals surface area contributed by atoms with E-state index in [0.29, 0.717) is 5.25 Å². The topological polar surface area (TPSA) is 20.2 Å². The van der Waals surface area contributed by atoms with Crippen molar-refractivity contribution in [2.75, 3.05) is 6.61 Å². The molecule has 1 nitrogen and oxygen atoms in total. The van der Waals surface area contributed by atoms with E-state index in [1.54, 1.807) is 0 Å². The Bertz CT molecular complexity index is 325. The van der Waals surface area contributed by atoms with E-state index < -0.39 is 0 Å². The fraction of sp³-hybridized carbons (Fsp3) is 0.333. The summed E-state index contributed by atoms with van der Waals surface area (Å²) >= 11 is 1.87. The maximum atomic E-state index is 8.96. The molecule has 1 aromatic carbocycles. The number of aliphatic hydroxyl groups excluding tert-OH is 1. The van der Waals surface area contributed by atoms with Crippen LogP contribution in [0.25, 0.3) is 0 Å². The predicted molar refractivity (Wildman–Crippen MR) is 61.3 cm³/mol. The Balaban J connectivity index is 2.22. The van der Waals surface area contributed by atoms with Gasteiger partial charge in [-0.15, -0.1) is 11.8 Å². The Labute approximate surface area is 88.8 Å². The summed E-state index contributed by atoms with van der Waals surface area (Å²) in [6.07, 6.45) is 4.10. The third kappa shape index (κ3) is 2.02. The van der Waals surface area contributed by atoms with Gasteiger partial charge in [0.2, 0.25) is 0 Å². The molecule has 2 heteroatoms. The maximum Gasteiger partial charge on any atom is 0.0471 e. The monoisotopic (exact) mass is 206 g/mol. The molecule has 1 aliphatic rings. The molecule has 1 N–H and O–H groups in total. The second-order valence-corrected chi connectivity index (χ2v) is 4.52. The zero-order chi connectivity index (χ0) is 9.80. The summed E-state index contributed by atoms with van der Waals surface area (Å²) in [4.78, 5) is 0. The van der Waals surface area contributed by atoms with Crippen molar-refractivity contribution in [2.45, 2.75) is 18.1 Å². The number of benzene rings is 1. The molecule has 1 atom stereocenters. The highest BCUT2D eigenvalue weighted by atomic mass is 32.2. The van der Waals surface area contributed by atoms with Crippen molar-refractivity contribution >= 4 is 11.8 Å². The molecular formula is C12H14OS. The first-order chi connectivity index (χ1) is 6.92. The van der Waals surface area contributed by atoms with Gasteiger partial charge in [-0.05, 0) is 29.4 Å². The number of aliphatic hydroxyl groups is 1. The lowest BCUT2D eigenvalue weighted by molar-refractivity contribution is 0.299. The van der Waals surface area contributed by atoms with E-state index >= 15 is 0 Å². The average molecular weight is 206 g/mol. The summed E-state index contributed by atoms with van der Waals surface area (Å²) in [5.41, 5.74) is 2.67. The zero-order valence-corrected chi connectivity index (χ0v) is 8.83. The van der Waals surface area contributed by atoms with Crippen LogP contribution in [-0.4, -0.2) is 11.7 Å². The highest BCUT2D eigenvalue weighted by molar-refractivity contribution is 8.02. The first-order valence-electron chi connectivity index (χ1n) is 4.91. The molecule has 0 fully saturated rings. The maximum absolute atomic E-state index is 8.96. The van der Waals surface area contributed by atoms with E-state index in [9.17, 15) is 0 Å². The minimum Gasteiger partial charge on any atom is -0.396 e. The van der Waals surface area contributed by atoms with Gasteiger partial charge in [-0.3, -0.25) is 0 Å². The number of allylic oxidation sites excluding steroid dienone is 1. The summed E-state index contributed by atoms with van der Waals surface area (Å²) < 4.78 is 0. The van der Waals surface area contributed by atoms with Gasteiger partial charge in [-0.25, -0.2) is 0 Å². The van der Waals surface area contributed by atoms with E-state index in [4.69, 9.17) is 5.11 Å². The summed E-state index contributed by atoms with van der Waals surface area (Å²) in [5.74, 6) is 0. The lowest BCUT2D eigenvalue weighted by Crippen LogP contribution is -1.99. The van der Waals surface area contributed by atoms with Gasteiger partial charge in [-0.2, -0.15) is 0 Å². The third-order valence-electron chi connectivity index (χ3n) is 2.47. The molecule has 14 heavy (non-hydrogen) atoms. The van der Waals surface area contributed by atoms with Gasteiger partial charge in [-0.1, -0.05) is 30.3 Å². The Morgan fingerprint density at radius 3 is 2.93 bits per heavy atom. The Morgan fingerprint density at radius 2 is 2.21 bits per heavy atom. The molecule has 74 valence electrons. The minimum atomic E-state index is 0.238. The third-order valence-corrected chi connectivity index (χ3v) is 3.60. The summed E-state index contributed by atoms with van der Waals surface area (Å²) in [7, 11) is 0. The molecule has 0 saturated carbocycles. The van der Waals surface area contributed by atoms with Gasteiger partial charge in [0.25, 0.3) is 0 Å². The molecule has 0 amide bonds. The number of thioether (sulfide) groups is 1. The SMILES string of the molecule is OCCc1ccccc1C1CC=CS1. The molecule has 0 saturated heterocycles. The van der Waals surface area contributed by atoms with Crippen LogP contribution < -0.4 is 0 Å². The van der Waals surface area contributed by atoms with E-state index in [1.165, 1.54) is 11.1 Å². The van der Waals surface area contributed by atoms with Gasteiger partial charge in [0.05, 0.1) is 0 Å². The Hall–Kier alpha value is -0.730. The first kappa shape index (κ1) is 9.81. The van der Waals surface area contributed by atoms with Gasteiger partial charge in [0.15, 0.2) is 0 Å². The Kier molecular flexibility index (Phi) is 3.27. The first-order valence-corrected chi connectivity index (χ1v) is 5.85. The summed E-state index contributed by atoms with van der Waals surface area (Å²) in [6.45, 7) is 0.238. The van der Waals surface area contributed by atoms with Crippen molar-refractivity contribution in [3.05, 3.63) is 46.9 Å². The van der Waals surface area contributed by atoms with Crippen molar-refractivity contribution in [1.29, 1.82) is 0 Å². The quantitative estimate of drug-likeness (QED) is 0.820. The van der Waals surface area contributed by atoms with Gasteiger partial charge in [0.1, 0.15) is 0 Å². The van der Waals surface area contributed by atoms with Crippen LogP contribution in [0.15, 0.2) is 35.7 Å². The van der Waals surface area contributed by atoms with E-state index in [1.807, 2.05) is 17.8 Å². The van der Waals surface area contributed by atoms with Gasteiger partial charge in [0, 0.05) is 11.9 Å². The highest BCUT2D eigenvalue weighted by Crippen LogP contribution is 2.39. The molecule has 1 aliphatic heterocycles. The number of rotatable bonds is 3. The predicted octanol–water partition coefficient (Wildman–Crippen LogP) is 2.91. The molecule has 0 aromatic heterocycles. The van der Waals surface area contributed by atoms with Crippen LogP contribution in [0, 0.1) is 0 Å². The second-order valence-electron chi connectivity index (χ2n) is 3.40. The molecular weight excluding hydrogens is 192 g/mol. The molecule has 0 spiro atoms. The number of hydrogen-bond donors (Lipinski definition) is 1.